The van der Waals surface area contributed by atoms with Gasteiger partial charge in [-0.25, -0.2) is 0 Å². The maximum absolute atomic E-state index is 11.2. The van der Waals surface area contributed by atoms with Gasteiger partial charge in [-0.05, 0) is 22.0 Å². The number of carbonyl (C=O) groups is 2. The van der Waals surface area contributed by atoms with Crippen LogP contribution in [0.25, 0.3) is 0 Å². The summed E-state index contributed by atoms with van der Waals surface area (Å²) in [6.45, 7) is -0.00898. The SMILES string of the molecule is O=COCC(=O)c1cncc(Br)c1. The maximum Gasteiger partial charge on any atom is 0.293 e. The van der Waals surface area contributed by atoms with Crippen molar-refractivity contribution in [2.24, 2.45) is 0 Å². The summed E-state index contributed by atoms with van der Waals surface area (Å²) in [6, 6.07) is 1.61. The summed E-state index contributed by atoms with van der Waals surface area (Å²) in [6.07, 6.45) is 2.98. The lowest BCUT2D eigenvalue weighted by atomic mass is 10.2. The quantitative estimate of drug-likeness (QED) is 0.589. The number of Topliss-reactive ketones (excluding diaryl/α,β-unsaturated/α-hetero) is 1. The fraction of sp³-hybridized carbons (Fsp3) is 0.125. The molecule has 1 aromatic heterocycles. The molecule has 0 amide bonds. The fourth-order valence-corrected chi connectivity index (χ4v) is 1.12. The van der Waals surface area contributed by atoms with E-state index in [1.165, 1.54) is 6.20 Å². The monoisotopic (exact) mass is 243 g/mol. The van der Waals surface area contributed by atoms with Gasteiger partial charge in [0.1, 0.15) is 0 Å². The van der Waals surface area contributed by atoms with Crippen LogP contribution in [0, 0.1) is 0 Å². The first-order valence-electron chi connectivity index (χ1n) is 3.43. The third-order valence-electron chi connectivity index (χ3n) is 1.31. The Labute approximate surface area is 83.1 Å². The highest BCUT2D eigenvalue weighted by molar-refractivity contribution is 9.10. The van der Waals surface area contributed by atoms with Gasteiger partial charge in [-0.1, -0.05) is 0 Å². The van der Waals surface area contributed by atoms with Crippen molar-refractivity contribution in [2.75, 3.05) is 6.61 Å². The molecule has 4 nitrogen and oxygen atoms in total. The van der Waals surface area contributed by atoms with Gasteiger partial charge < -0.3 is 4.74 Å². The van der Waals surface area contributed by atoms with Crippen LogP contribution in [0.1, 0.15) is 10.4 Å². The van der Waals surface area contributed by atoms with E-state index in [0.29, 0.717) is 10.0 Å². The molecule has 13 heavy (non-hydrogen) atoms. The number of pyridine rings is 1. The van der Waals surface area contributed by atoms with Gasteiger partial charge >= 0.3 is 0 Å². The van der Waals surface area contributed by atoms with Crippen LogP contribution in [0.5, 0.6) is 0 Å². The molecule has 1 heterocycles. The lowest BCUT2D eigenvalue weighted by molar-refractivity contribution is -0.127. The van der Waals surface area contributed by atoms with Crippen LogP contribution in [0.2, 0.25) is 0 Å². The molecule has 1 aromatic rings. The van der Waals surface area contributed by atoms with Crippen LogP contribution < -0.4 is 0 Å². The summed E-state index contributed by atoms with van der Waals surface area (Å²) < 4.78 is 5.03. The summed E-state index contributed by atoms with van der Waals surface area (Å²) in [5.41, 5.74) is 0.413. The number of aromatic nitrogens is 1. The number of ether oxygens (including phenoxy) is 1. The summed E-state index contributed by atoms with van der Waals surface area (Å²) >= 11 is 3.17. The first kappa shape index (κ1) is 9.85. The zero-order valence-corrected chi connectivity index (χ0v) is 8.15. The van der Waals surface area contributed by atoms with Gasteiger partial charge in [0.15, 0.2) is 6.61 Å². The van der Waals surface area contributed by atoms with Crippen molar-refractivity contribution >= 4 is 28.2 Å². The largest absolute Gasteiger partial charge is 0.459 e. The molecule has 0 aliphatic rings. The lowest BCUT2D eigenvalue weighted by Gasteiger charge is -1.98. The average Bonchev–Trinajstić information content (AvgIpc) is 2.14. The Balaban J connectivity index is 2.71. The number of carbonyl (C=O) groups excluding carboxylic acids is 2. The molecule has 0 N–H and O–H groups in total. The Kier molecular flexibility index (Phi) is 3.57. The van der Waals surface area contributed by atoms with Crippen LogP contribution in [-0.2, 0) is 9.53 Å². The molecular formula is C8H6BrNO3. The molecule has 0 saturated carbocycles. The van der Waals surface area contributed by atoms with Gasteiger partial charge in [0, 0.05) is 22.4 Å². The number of hydrogen-bond donors (Lipinski definition) is 0. The Morgan fingerprint density at radius 3 is 3.00 bits per heavy atom. The second-order valence-electron chi connectivity index (χ2n) is 2.22. The van der Waals surface area contributed by atoms with E-state index in [2.05, 4.69) is 25.7 Å². The van der Waals surface area contributed by atoms with Gasteiger partial charge in [-0.3, -0.25) is 14.6 Å². The van der Waals surface area contributed by atoms with E-state index >= 15 is 0 Å². The van der Waals surface area contributed by atoms with Crippen molar-refractivity contribution in [3.8, 4) is 0 Å². The Morgan fingerprint density at radius 1 is 1.62 bits per heavy atom. The first-order chi connectivity index (χ1) is 6.24. The van der Waals surface area contributed by atoms with Gasteiger partial charge in [0.05, 0.1) is 0 Å². The van der Waals surface area contributed by atoms with E-state index in [4.69, 9.17) is 0 Å². The minimum Gasteiger partial charge on any atom is -0.459 e. The number of ketones is 1. The normalized spacial score (nSPS) is 9.31. The van der Waals surface area contributed by atoms with Crippen molar-refractivity contribution < 1.29 is 14.3 Å². The second-order valence-corrected chi connectivity index (χ2v) is 3.14. The topological polar surface area (TPSA) is 56.3 Å². The van der Waals surface area contributed by atoms with E-state index in [1.54, 1.807) is 12.3 Å². The van der Waals surface area contributed by atoms with Crippen LogP contribution in [0.4, 0.5) is 0 Å². The molecule has 0 aliphatic heterocycles. The average molecular weight is 244 g/mol. The van der Waals surface area contributed by atoms with E-state index < -0.39 is 0 Å². The third kappa shape index (κ3) is 2.95. The first-order valence-corrected chi connectivity index (χ1v) is 4.22. The molecular weight excluding hydrogens is 238 g/mol. The number of hydrogen-bond acceptors (Lipinski definition) is 4. The van der Waals surface area contributed by atoms with Crippen molar-refractivity contribution in [2.45, 2.75) is 0 Å². The molecule has 0 saturated heterocycles. The van der Waals surface area contributed by atoms with E-state index in [1.807, 2.05) is 0 Å². The Morgan fingerprint density at radius 2 is 2.38 bits per heavy atom. The van der Waals surface area contributed by atoms with Gasteiger partial charge in [0.25, 0.3) is 6.47 Å². The Bertz CT molecular complexity index is 327. The van der Waals surface area contributed by atoms with Crippen LogP contribution in [0.15, 0.2) is 22.9 Å². The third-order valence-corrected chi connectivity index (χ3v) is 1.74. The van der Waals surface area contributed by atoms with Crippen molar-refractivity contribution in [1.29, 1.82) is 0 Å². The molecule has 5 heteroatoms. The van der Waals surface area contributed by atoms with Crippen LogP contribution in [-0.4, -0.2) is 23.8 Å². The number of halogens is 1. The predicted molar refractivity (Wildman–Crippen MR) is 48.3 cm³/mol. The van der Waals surface area contributed by atoms with Crippen LogP contribution in [0.3, 0.4) is 0 Å². The zero-order chi connectivity index (χ0) is 9.68. The molecule has 68 valence electrons. The zero-order valence-electron chi connectivity index (χ0n) is 6.57. The van der Waals surface area contributed by atoms with Crippen molar-refractivity contribution in [3.63, 3.8) is 0 Å². The fourth-order valence-electron chi connectivity index (χ4n) is 0.757. The maximum atomic E-state index is 11.2. The summed E-state index contributed by atoms with van der Waals surface area (Å²) in [5.74, 6) is -0.277. The molecule has 0 aromatic carbocycles. The van der Waals surface area contributed by atoms with E-state index in [-0.39, 0.29) is 18.9 Å². The Hall–Kier alpha value is -1.23. The summed E-state index contributed by atoms with van der Waals surface area (Å²) in [5, 5.41) is 0. The summed E-state index contributed by atoms with van der Waals surface area (Å²) in [4.78, 5) is 24.8. The molecule has 0 spiro atoms. The molecule has 0 unspecified atom stereocenters. The standard InChI is InChI=1S/C8H6BrNO3/c9-7-1-6(2-10-3-7)8(12)4-13-5-11/h1-3,5H,4H2. The van der Waals surface area contributed by atoms with E-state index in [0.717, 1.165) is 0 Å². The molecule has 0 bridgehead atoms. The highest BCUT2D eigenvalue weighted by Crippen LogP contribution is 2.09. The van der Waals surface area contributed by atoms with Gasteiger partial charge in [0.2, 0.25) is 5.78 Å². The van der Waals surface area contributed by atoms with Crippen molar-refractivity contribution in [3.05, 3.63) is 28.5 Å². The molecule has 0 fully saturated rings. The highest BCUT2D eigenvalue weighted by atomic mass is 79.9. The van der Waals surface area contributed by atoms with Gasteiger partial charge in [-0.2, -0.15) is 0 Å². The van der Waals surface area contributed by atoms with Crippen molar-refractivity contribution in [1.82, 2.24) is 4.98 Å². The number of rotatable bonds is 4. The second kappa shape index (κ2) is 4.71. The molecule has 0 aliphatic carbocycles. The summed E-state index contributed by atoms with van der Waals surface area (Å²) in [7, 11) is 0. The molecule has 1 rings (SSSR count). The minimum atomic E-state index is -0.277. The molecule has 0 atom stereocenters. The smallest absolute Gasteiger partial charge is 0.293 e. The van der Waals surface area contributed by atoms with E-state index in [9.17, 15) is 9.59 Å². The predicted octanol–water partition coefficient (Wildman–Crippen LogP) is 1.20. The van der Waals surface area contributed by atoms with Crippen LogP contribution >= 0.6 is 15.9 Å². The minimum absolute atomic E-state index is 0.239. The van der Waals surface area contributed by atoms with Gasteiger partial charge in [-0.15, -0.1) is 0 Å². The molecule has 0 radical (unpaired) electrons. The highest BCUT2D eigenvalue weighted by Gasteiger charge is 2.06. The number of nitrogens with zero attached hydrogens (tertiary/aromatic N) is 1. The lowest BCUT2D eigenvalue weighted by Crippen LogP contribution is -2.08.